The van der Waals surface area contributed by atoms with Crippen LogP contribution in [0.5, 0.6) is 0 Å². The Labute approximate surface area is 168 Å². The van der Waals surface area contributed by atoms with Gasteiger partial charge in [0.15, 0.2) is 0 Å². The maximum Gasteiger partial charge on any atom is 0.124 e. The molecule has 1 fully saturated rings. The number of imidazole rings is 1. The maximum atomic E-state index is 9.47. The maximum absolute atomic E-state index is 9.47. The van der Waals surface area contributed by atoms with Crippen LogP contribution in [-0.4, -0.2) is 52.3 Å². The normalized spacial score (nSPS) is 15.6. The molecule has 27 heavy (non-hydrogen) atoms. The smallest absolute Gasteiger partial charge is 0.124 e. The van der Waals surface area contributed by atoms with Gasteiger partial charge in [-0.2, -0.15) is 0 Å². The SMILES string of the molecule is OCCn1c(CN2CCN(c3cccc(Cl)c3)CC2)nc2ccc(Cl)cc21. The number of hydrogen-bond donors (Lipinski definition) is 1. The second-order valence-corrected chi connectivity index (χ2v) is 7.65. The van der Waals surface area contributed by atoms with Gasteiger partial charge in [0.25, 0.3) is 0 Å². The Morgan fingerprint density at radius 2 is 1.74 bits per heavy atom. The molecule has 2 heterocycles. The van der Waals surface area contributed by atoms with Crippen molar-refractivity contribution < 1.29 is 5.11 Å². The number of fused-ring (bicyclic) bond motifs is 1. The quantitative estimate of drug-likeness (QED) is 0.704. The van der Waals surface area contributed by atoms with Gasteiger partial charge >= 0.3 is 0 Å². The van der Waals surface area contributed by atoms with Crippen LogP contribution in [0.2, 0.25) is 10.0 Å². The molecule has 4 rings (SSSR count). The fraction of sp³-hybridized carbons (Fsp3) is 0.350. The minimum absolute atomic E-state index is 0.0769. The van der Waals surface area contributed by atoms with E-state index in [1.807, 2.05) is 36.4 Å². The van der Waals surface area contributed by atoms with Crippen molar-refractivity contribution in [3.05, 3.63) is 58.3 Å². The Kier molecular flexibility index (Phi) is 5.55. The van der Waals surface area contributed by atoms with Gasteiger partial charge in [-0.3, -0.25) is 4.90 Å². The summed E-state index contributed by atoms with van der Waals surface area (Å²) >= 11 is 12.3. The zero-order chi connectivity index (χ0) is 18.8. The molecule has 1 aliphatic heterocycles. The third kappa shape index (κ3) is 4.06. The molecule has 0 radical (unpaired) electrons. The van der Waals surface area contributed by atoms with E-state index in [4.69, 9.17) is 28.2 Å². The van der Waals surface area contributed by atoms with Crippen LogP contribution in [0.25, 0.3) is 11.0 Å². The average Bonchev–Trinajstić information content (AvgIpc) is 2.99. The summed E-state index contributed by atoms with van der Waals surface area (Å²) in [5.41, 5.74) is 3.06. The molecule has 1 saturated heterocycles. The molecule has 142 valence electrons. The lowest BCUT2D eigenvalue weighted by Crippen LogP contribution is -2.46. The molecular formula is C20H22Cl2N4O. The van der Waals surface area contributed by atoms with Crippen LogP contribution in [0.15, 0.2) is 42.5 Å². The van der Waals surface area contributed by atoms with Gasteiger partial charge in [-0.05, 0) is 36.4 Å². The first kappa shape index (κ1) is 18.6. The molecule has 0 bridgehead atoms. The second kappa shape index (κ2) is 8.07. The Morgan fingerprint density at radius 1 is 0.963 bits per heavy atom. The number of aromatic nitrogens is 2. The first-order valence-electron chi connectivity index (χ1n) is 9.12. The number of benzene rings is 2. The largest absolute Gasteiger partial charge is 0.395 e. The van der Waals surface area contributed by atoms with Crippen LogP contribution in [0.4, 0.5) is 5.69 Å². The molecule has 2 aromatic carbocycles. The lowest BCUT2D eigenvalue weighted by molar-refractivity contribution is 0.234. The summed E-state index contributed by atoms with van der Waals surface area (Å²) in [6.07, 6.45) is 0. The first-order valence-corrected chi connectivity index (χ1v) is 9.88. The van der Waals surface area contributed by atoms with E-state index in [1.54, 1.807) is 0 Å². The van der Waals surface area contributed by atoms with Crippen LogP contribution in [-0.2, 0) is 13.1 Å². The highest BCUT2D eigenvalue weighted by Crippen LogP contribution is 2.23. The van der Waals surface area contributed by atoms with Crippen molar-refractivity contribution in [2.75, 3.05) is 37.7 Å². The van der Waals surface area contributed by atoms with E-state index in [9.17, 15) is 5.11 Å². The molecule has 0 saturated carbocycles. The molecule has 0 unspecified atom stereocenters. The molecular weight excluding hydrogens is 383 g/mol. The number of anilines is 1. The molecule has 1 aliphatic rings. The van der Waals surface area contributed by atoms with Gasteiger partial charge in [0.05, 0.1) is 24.2 Å². The van der Waals surface area contributed by atoms with E-state index in [2.05, 4.69) is 20.4 Å². The molecule has 0 atom stereocenters. The van der Waals surface area contributed by atoms with Gasteiger partial charge in [-0.25, -0.2) is 4.98 Å². The van der Waals surface area contributed by atoms with Crippen molar-refractivity contribution in [3.8, 4) is 0 Å². The Hall–Kier alpha value is -1.79. The number of nitrogens with zero attached hydrogens (tertiary/aromatic N) is 4. The number of aliphatic hydroxyl groups is 1. The highest BCUT2D eigenvalue weighted by atomic mass is 35.5. The van der Waals surface area contributed by atoms with E-state index < -0.39 is 0 Å². The second-order valence-electron chi connectivity index (χ2n) is 6.78. The standard InChI is InChI=1S/C20H22Cl2N4O/c21-15-2-1-3-17(12-15)25-8-6-24(7-9-25)14-20-23-18-5-4-16(22)13-19(18)26(20)10-11-27/h1-5,12-13,27H,6-11,14H2. The topological polar surface area (TPSA) is 44.5 Å². The van der Waals surface area contributed by atoms with Crippen molar-refractivity contribution in [1.82, 2.24) is 14.5 Å². The van der Waals surface area contributed by atoms with E-state index >= 15 is 0 Å². The molecule has 7 heteroatoms. The summed E-state index contributed by atoms with van der Waals surface area (Å²) in [6.45, 7) is 5.17. The van der Waals surface area contributed by atoms with Crippen molar-refractivity contribution in [2.24, 2.45) is 0 Å². The highest BCUT2D eigenvalue weighted by molar-refractivity contribution is 6.31. The van der Waals surface area contributed by atoms with E-state index in [1.165, 1.54) is 5.69 Å². The average molecular weight is 405 g/mol. The van der Waals surface area contributed by atoms with Gasteiger partial charge in [-0.1, -0.05) is 29.3 Å². The number of rotatable bonds is 5. The fourth-order valence-electron chi connectivity index (χ4n) is 3.65. The first-order chi connectivity index (χ1) is 13.1. The van der Waals surface area contributed by atoms with Crippen molar-refractivity contribution >= 4 is 39.9 Å². The molecule has 3 aromatic rings. The third-order valence-electron chi connectivity index (χ3n) is 5.02. The Balaban J connectivity index is 1.48. The molecule has 1 aromatic heterocycles. The van der Waals surface area contributed by atoms with Crippen LogP contribution in [0.1, 0.15) is 5.82 Å². The Bertz CT molecular complexity index is 935. The van der Waals surface area contributed by atoms with Crippen LogP contribution in [0, 0.1) is 0 Å². The van der Waals surface area contributed by atoms with Crippen molar-refractivity contribution in [1.29, 1.82) is 0 Å². The zero-order valence-corrected chi connectivity index (χ0v) is 16.5. The van der Waals surface area contributed by atoms with Crippen LogP contribution in [0.3, 0.4) is 0 Å². The zero-order valence-electron chi connectivity index (χ0n) is 15.0. The summed E-state index contributed by atoms with van der Waals surface area (Å²) in [5, 5.41) is 10.9. The van der Waals surface area contributed by atoms with Crippen molar-refractivity contribution in [2.45, 2.75) is 13.1 Å². The number of halogens is 2. The van der Waals surface area contributed by atoms with E-state index in [0.717, 1.165) is 54.6 Å². The van der Waals surface area contributed by atoms with Gasteiger partial charge < -0.3 is 14.6 Å². The minimum Gasteiger partial charge on any atom is -0.395 e. The third-order valence-corrected chi connectivity index (χ3v) is 5.49. The summed E-state index contributed by atoms with van der Waals surface area (Å²) in [6, 6.07) is 13.7. The van der Waals surface area contributed by atoms with Gasteiger partial charge in [-0.15, -0.1) is 0 Å². The lowest BCUT2D eigenvalue weighted by atomic mass is 10.2. The van der Waals surface area contributed by atoms with Gasteiger partial charge in [0.2, 0.25) is 0 Å². The molecule has 0 aliphatic carbocycles. The highest BCUT2D eigenvalue weighted by Gasteiger charge is 2.20. The number of aliphatic hydroxyl groups excluding tert-OH is 1. The van der Waals surface area contributed by atoms with Crippen molar-refractivity contribution in [3.63, 3.8) is 0 Å². The van der Waals surface area contributed by atoms with Crippen LogP contribution < -0.4 is 4.90 Å². The summed E-state index contributed by atoms with van der Waals surface area (Å²) in [7, 11) is 0. The number of piperazine rings is 1. The Morgan fingerprint density at radius 3 is 2.48 bits per heavy atom. The number of hydrogen-bond acceptors (Lipinski definition) is 4. The molecule has 0 spiro atoms. The fourth-order valence-corrected chi connectivity index (χ4v) is 4.00. The van der Waals surface area contributed by atoms with Crippen LogP contribution >= 0.6 is 23.2 Å². The molecule has 5 nitrogen and oxygen atoms in total. The predicted molar refractivity (Wildman–Crippen MR) is 111 cm³/mol. The molecule has 0 amide bonds. The predicted octanol–water partition coefficient (Wildman–Crippen LogP) is 3.66. The molecule has 1 N–H and O–H groups in total. The summed E-state index contributed by atoms with van der Waals surface area (Å²) < 4.78 is 2.07. The monoisotopic (exact) mass is 404 g/mol. The van der Waals surface area contributed by atoms with E-state index in [-0.39, 0.29) is 6.61 Å². The lowest BCUT2D eigenvalue weighted by Gasteiger charge is -2.36. The summed E-state index contributed by atoms with van der Waals surface area (Å²) in [5.74, 6) is 0.970. The summed E-state index contributed by atoms with van der Waals surface area (Å²) in [4.78, 5) is 9.54. The minimum atomic E-state index is 0.0769. The van der Waals surface area contributed by atoms with Gasteiger partial charge in [0.1, 0.15) is 5.82 Å². The van der Waals surface area contributed by atoms with E-state index in [0.29, 0.717) is 11.6 Å². The van der Waals surface area contributed by atoms with Gasteiger partial charge in [0, 0.05) is 48.5 Å².